The molecular weight excluding hydrogens is 382 g/mol. The number of amides is 2. The third kappa shape index (κ3) is 5.27. The number of benzene rings is 3. The molecule has 0 atom stereocenters. The summed E-state index contributed by atoms with van der Waals surface area (Å²) >= 11 is 5.20. The van der Waals surface area contributed by atoms with Gasteiger partial charge in [-0.3, -0.25) is 14.9 Å². The van der Waals surface area contributed by atoms with E-state index < -0.39 is 0 Å². The summed E-state index contributed by atoms with van der Waals surface area (Å²) in [4.78, 5) is 25.1. The molecule has 2 N–H and O–H groups in total. The van der Waals surface area contributed by atoms with E-state index in [-0.39, 0.29) is 16.9 Å². The molecule has 2 amide bonds. The summed E-state index contributed by atoms with van der Waals surface area (Å²) in [7, 11) is 1.71. The van der Waals surface area contributed by atoms with Gasteiger partial charge in [0, 0.05) is 31.4 Å². The second-order valence-corrected chi connectivity index (χ2v) is 6.88. The van der Waals surface area contributed by atoms with Crippen LogP contribution in [0.5, 0.6) is 0 Å². The van der Waals surface area contributed by atoms with E-state index in [0.717, 1.165) is 22.0 Å². The highest BCUT2D eigenvalue weighted by Gasteiger charge is 2.06. The van der Waals surface area contributed by atoms with Gasteiger partial charge in [-0.15, -0.1) is 0 Å². The number of rotatable bonds is 4. The van der Waals surface area contributed by atoms with Gasteiger partial charge >= 0.3 is 0 Å². The van der Waals surface area contributed by atoms with E-state index >= 15 is 0 Å². The zero-order valence-corrected chi connectivity index (χ0v) is 17.0. The van der Waals surface area contributed by atoms with E-state index in [2.05, 4.69) is 10.6 Å². The lowest BCUT2D eigenvalue weighted by Gasteiger charge is -2.15. The maximum Gasteiger partial charge on any atom is 0.250 e. The van der Waals surface area contributed by atoms with Gasteiger partial charge < -0.3 is 10.2 Å². The van der Waals surface area contributed by atoms with Gasteiger partial charge in [-0.1, -0.05) is 42.5 Å². The molecule has 0 fully saturated rings. The minimum Gasteiger partial charge on any atom is -0.332 e. The molecule has 146 valence electrons. The number of carbonyl (C=O) groups excluding carboxylic acids is 2. The van der Waals surface area contributed by atoms with Gasteiger partial charge in [-0.25, -0.2) is 0 Å². The fraction of sp³-hybridized carbons (Fsp3) is 0.0870. The Balaban J connectivity index is 1.60. The number of nitrogens with zero attached hydrogens (tertiary/aromatic N) is 1. The number of hydrogen-bond acceptors (Lipinski definition) is 3. The minimum atomic E-state index is -0.316. The van der Waals surface area contributed by atoms with Crippen LogP contribution in [0.4, 0.5) is 11.4 Å². The Kier molecular flexibility index (Phi) is 6.36. The van der Waals surface area contributed by atoms with Crippen molar-refractivity contribution in [1.29, 1.82) is 0 Å². The van der Waals surface area contributed by atoms with Crippen molar-refractivity contribution in [1.82, 2.24) is 5.32 Å². The molecule has 0 radical (unpaired) electrons. The van der Waals surface area contributed by atoms with E-state index in [1.54, 1.807) is 42.3 Å². The van der Waals surface area contributed by atoms with Crippen LogP contribution in [0, 0.1) is 0 Å². The Morgan fingerprint density at radius 1 is 0.966 bits per heavy atom. The molecule has 0 spiro atoms. The molecule has 0 aromatic heterocycles. The van der Waals surface area contributed by atoms with Crippen molar-refractivity contribution in [2.45, 2.75) is 6.92 Å². The van der Waals surface area contributed by atoms with Gasteiger partial charge in [0.05, 0.1) is 0 Å². The fourth-order valence-electron chi connectivity index (χ4n) is 2.83. The lowest BCUT2D eigenvalue weighted by atomic mass is 10.0. The predicted octanol–water partition coefficient (Wildman–Crippen LogP) is 4.35. The van der Waals surface area contributed by atoms with Crippen LogP contribution in [-0.2, 0) is 9.59 Å². The van der Waals surface area contributed by atoms with Crippen LogP contribution in [0.25, 0.3) is 16.8 Å². The monoisotopic (exact) mass is 403 g/mol. The van der Waals surface area contributed by atoms with Crippen LogP contribution in [0.15, 0.2) is 72.8 Å². The summed E-state index contributed by atoms with van der Waals surface area (Å²) in [6.07, 6.45) is 3.23. The standard InChI is InChI=1S/C23H21N3O2S/c1-16(27)26(2)20-13-11-19(12-14-20)24-23(29)25-22(28)15-10-18-8-5-7-17-6-3-4-9-21(17)18/h3-15H,1-2H3,(H2,24,25,28,29)/b15-10+. The molecule has 5 nitrogen and oxygen atoms in total. The molecule has 0 bridgehead atoms. The number of anilines is 2. The minimum absolute atomic E-state index is 0.0496. The summed E-state index contributed by atoms with van der Waals surface area (Å²) in [6, 6.07) is 21.1. The summed E-state index contributed by atoms with van der Waals surface area (Å²) in [6.45, 7) is 1.50. The average molecular weight is 404 g/mol. The molecule has 29 heavy (non-hydrogen) atoms. The van der Waals surface area contributed by atoms with E-state index in [1.165, 1.54) is 13.0 Å². The number of hydrogen-bond donors (Lipinski definition) is 2. The Hall–Kier alpha value is -3.51. The van der Waals surface area contributed by atoms with Crippen molar-refractivity contribution in [3.05, 3.63) is 78.4 Å². The molecule has 3 aromatic rings. The van der Waals surface area contributed by atoms with Crippen molar-refractivity contribution in [3.8, 4) is 0 Å². The van der Waals surface area contributed by atoms with Gasteiger partial charge in [0.25, 0.3) is 0 Å². The maximum atomic E-state index is 12.2. The van der Waals surface area contributed by atoms with Crippen LogP contribution in [-0.4, -0.2) is 24.0 Å². The Bertz CT molecular complexity index is 1090. The summed E-state index contributed by atoms with van der Waals surface area (Å²) in [5, 5.41) is 7.99. The lowest BCUT2D eigenvalue weighted by molar-refractivity contribution is -0.116. The zero-order chi connectivity index (χ0) is 20.8. The molecule has 0 aliphatic carbocycles. The highest BCUT2D eigenvalue weighted by atomic mass is 32.1. The Morgan fingerprint density at radius 3 is 2.38 bits per heavy atom. The molecule has 3 rings (SSSR count). The highest BCUT2D eigenvalue weighted by molar-refractivity contribution is 7.80. The Labute approximate surface area is 175 Å². The van der Waals surface area contributed by atoms with E-state index in [1.807, 2.05) is 42.5 Å². The molecule has 0 unspecified atom stereocenters. The topological polar surface area (TPSA) is 61.4 Å². The molecule has 0 aliphatic rings. The van der Waals surface area contributed by atoms with Gasteiger partial charge in [-0.05, 0) is 58.9 Å². The predicted molar refractivity (Wildman–Crippen MR) is 123 cm³/mol. The summed E-state index contributed by atoms with van der Waals surface area (Å²) < 4.78 is 0. The van der Waals surface area contributed by atoms with Crippen molar-refractivity contribution in [3.63, 3.8) is 0 Å². The summed E-state index contributed by atoms with van der Waals surface area (Å²) in [5.41, 5.74) is 2.45. The van der Waals surface area contributed by atoms with Gasteiger partial charge in [0.1, 0.15) is 0 Å². The SMILES string of the molecule is CC(=O)N(C)c1ccc(NC(=S)NC(=O)/C=C/c2cccc3ccccc23)cc1. The first-order valence-corrected chi connectivity index (χ1v) is 9.47. The van der Waals surface area contributed by atoms with Crippen molar-refractivity contribution < 1.29 is 9.59 Å². The van der Waals surface area contributed by atoms with E-state index in [0.29, 0.717) is 5.69 Å². The molecule has 0 saturated heterocycles. The smallest absolute Gasteiger partial charge is 0.250 e. The van der Waals surface area contributed by atoms with Crippen molar-refractivity contribution >= 4 is 57.4 Å². The van der Waals surface area contributed by atoms with E-state index in [9.17, 15) is 9.59 Å². The van der Waals surface area contributed by atoms with Crippen molar-refractivity contribution in [2.24, 2.45) is 0 Å². The third-order valence-corrected chi connectivity index (χ3v) is 4.66. The highest BCUT2D eigenvalue weighted by Crippen LogP contribution is 2.19. The second kappa shape index (κ2) is 9.12. The van der Waals surface area contributed by atoms with Crippen LogP contribution >= 0.6 is 12.2 Å². The molecule has 0 aliphatic heterocycles. The molecule has 6 heteroatoms. The van der Waals surface area contributed by atoms with Crippen molar-refractivity contribution in [2.75, 3.05) is 17.3 Å². The molecule has 0 saturated carbocycles. The zero-order valence-electron chi connectivity index (χ0n) is 16.2. The Morgan fingerprint density at radius 2 is 1.66 bits per heavy atom. The first-order chi connectivity index (χ1) is 13.9. The number of thiocarbonyl (C=S) groups is 1. The average Bonchev–Trinajstić information content (AvgIpc) is 2.72. The quantitative estimate of drug-likeness (QED) is 0.502. The van der Waals surface area contributed by atoms with Crippen LogP contribution in [0.2, 0.25) is 0 Å². The maximum absolute atomic E-state index is 12.2. The fourth-order valence-corrected chi connectivity index (χ4v) is 3.05. The number of carbonyl (C=O) groups is 2. The van der Waals surface area contributed by atoms with Crippen LogP contribution < -0.4 is 15.5 Å². The van der Waals surface area contributed by atoms with Crippen LogP contribution in [0.3, 0.4) is 0 Å². The van der Waals surface area contributed by atoms with Gasteiger partial charge in [0.15, 0.2) is 5.11 Å². The van der Waals surface area contributed by atoms with Gasteiger partial charge in [-0.2, -0.15) is 0 Å². The first-order valence-electron chi connectivity index (χ1n) is 9.06. The van der Waals surface area contributed by atoms with E-state index in [4.69, 9.17) is 12.2 Å². The first kappa shape index (κ1) is 20.2. The lowest BCUT2D eigenvalue weighted by Crippen LogP contribution is -2.32. The molecule has 3 aromatic carbocycles. The van der Waals surface area contributed by atoms with Gasteiger partial charge in [0.2, 0.25) is 11.8 Å². The largest absolute Gasteiger partial charge is 0.332 e. The number of nitrogens with one attached hydrogen (secondary N) is 2. The molecule has 0 heterocycles. The number of fused-ring (bicyclic) bond motifs is 1. The van der Waals surface area contributed by atoms with Crippen LogP contribution in [0.1, 0.15) is 12.5 Å². The molecular formula is C23H21N3O2S. The second-order valence-electron chi connectivity index (χ2n) is 6.47. The third-order valence-electron chi connectivity index (χ3n) is 4.46. The normalized spacial score (nSPS) is 10.7. The summed E-state index contributed by atoms with van der Waals surface area (Å²) in [5.74, 6) is -0.366.